The number of rotatable bonds is 2. The van der Waals surface area contributed by atoms with Gasteiger partial charge in [0, 0.05) is 21.1 Å². The fourth-order valence-corrected chi connectivity index (χ4v) is 3.03. The number of amides is 2. The van der Waals surface area contributed by atoms with E-state index in [0.29, 0.717) is 18.7 Å². The van der Waals surface area contributed by atoms with Crippen LogP contribution in [0.15, 0.2) is 22.7 Å². The second kappa shape index (κ2) is 6.75. The van der Waals surface area contributed by atoms with E-state index in [4.69, 9.17) is 0 Å². The van der Waals surface area contributed by atoms with Crippen LogP contribution in [0, 0.1) is 3.57 Å². The van der Waals surface area contributed by atoms with Gasteiger partial charge in [-0.2, -0.15) is 0 Å². The fourth-order valence-electron chi connectivity index (χ4n) is 2.12. The molecule has 0 aliphatic carbocycles. The molecule has 1 fully saturated rings. The van der Waals surface area contributed by atoms with Crippen LogP contribution in [0.3, 0.4) is 0 Å². The van der Waals surface area contributed by atoms with Gasteiger partial charge in [-0.3, -0.25) is 4.79 Å². The molecule has 1 N–H and O–H groups in total. The maximum Gasteiger partial charge on any atom is 0.407 e. The molecule has 0 spiro atoms. The van der Waals surface area contributed by atoms with Crippen LogP contribution in [0.1, 0.15) is 16.8 Å². The molecule has 0 aromatic heterocycles. The molecule has 2 amide bonds. The van der Waals surface area contributed by atoms with Gasteiger partial charge in [-0.15, -0.1) is 0 Å². The van der Waals surface area contributed by atoms with Crippen molar-refractivity contribution in [2.75, 3.05) is 20.2 Å². The van der Waals surface area contributed by atoms with Gasteiger partial charge in [-0.25, -0.2) is 4.79 Å². The largest absolute Gasteiger partial charge is 0.453 e. The molecule has 0 saturated carbocycles. The predicted molar refractivity (Wildman–Crippen MR) is 86.7 cm³/mol. The van der Waals surface area contributed by atoms with E-state index in [-0.39, 0.29) is 11.9 Å². The van der Waals surface area contributed by atoms with Crippen LogP contribution in [0.4, 0.5) is 4.79 Å². The van der Waals surface area contributed by atoms with Crippen molar-refractivity contribution < 1.29 is 14.3 Å². The molecule has 1 heterocycles. The average Bonchev–Trinajstić information content (AvgIpc) is 2.89. The summed E-state index contributed by atoms with van der Waals surface area (Å²) in [6, 6.07) is 5.61. The van der Waals surface area contributed by atoms with Gasteiger partial charge in [0.25, 0.3) is 5.91 Å². The number of carbonyl (C=O) groups excluding carboxylic acids is 2. The van der Waals surface area contributed by atoms with Crippen molar-refractivity contribution in [3.63, 3.8) is 0 Å². The third-order valence-electron chi connectivity index (χ3n) is 3.14. The normalized spacial score (nSPS) is 17.9. The molecule has 1 aliphatic rings. The first-order valence-corrected chi connectivity index (χ1v) is 7.97. The second-order valence-electron chi connectivity index (χ2n) is 4.50. The molecule has 5 nitrogen and oxygen atoms in total. The second-order valence-corrected chi connectivity index (χ2v) is 6.60. The number of alkyl carbamates (subject to hydrolysis) is 1. The lowest BCUT2D eigenvalue weighted by molar-refractivity contribution is 0.0787. The smallest absolute Gasteiger partial charge is 0.407 e. The van der Waals surface area contributed by atoms with Crippen LogP contribution in [0.2, 0.25) is 0 Å². The summed E-state index contributed by atoms with van der Waals surface area (Å²) in [5, 5.41) is 2.72. The SMILES string of the molecule is COC(=O)NC1CCN(C(=O)c2cc(I)ccc2Br)C1. The van der Waals surface area contributed by atoms with Gasteiger partial charge in [-0.05, 0) is 63.1 Å². The van der Waals surface area contributed by atoms with Crippen LogP contribution in [-0.2, 0) is 4.74 Å². The van der Waals surface area contributed by atoms with Gasteiger partial charge in [0.05, 0.1) is 18.7 Å². The molecule has 1 aromatic rings. The maximum atomic E-state index is 12.5. The Hall–Kier alpha value is -0.830. The molecule has 1 saturated heterocycles. The Morgan fingerprint density at radius 2 is 2.25 bits per heavy atom. The standard InChI is InChI=1S/C13H14BrIN2O3/c1-20-13(19)16-9-4-5-17(7-9)12(18)10-6-8(15)2-3-11(10)14/h2-3,6,9H,4-5,7H2,1H3,(H,16,19). The fraction of sp³-hybridized carbons (Fsp3) is 0.385. The molecule has 1 unspecified atom stereocenters. The molecule has 0 bridgehead atoms. The lowest BCUT2D eigenvalue weighted by atomic mass is 10.2. The maximum absolute atomic E-state index is 12.5. The van der Waals surface area contributed by atoms with Crippen molar-refractivity contribution >= 4 is 50.5 Å². The highest BCUT2D eigenvalue weighted by atomic mass is 127. The third kappa shape index (κ3) is 3.63. The summed E-state index contributed by atoms with van der Waals surface area (Å²) in [6.45, 7) is 1.14. The molecule has 2 rings (SSSR count). The predicted octanol–water partition coefficient (Wildman–Crippen LogP) is 2.62. The van der Waals surface area contributed by atoms with Crippen molar-refractivity contribution in [2.24, 2.45) is 0 Å². The zero-order valence-corrected chi connectivity index (χ0v) is 14.6. The third-order valence-corrected chi connectivity index (χ3v) is 4.50. The summed E-state index contributed by atoms with van der Waals surface area (Å²) < 4.78 is 6.36. The van der Waals surface area contributed by atoms with Gasteiger partial charge in [0.2, 0.25) is 0 Å². The minimum absolute atomic E-state index is 0.0236. The summed E-state index contributed by atoms with van der Waals surface area (Å²) >= 11 is 5.58. The van der Waals surface area contributed by atoms with Crippen molar-refractivity contribution in [1.82, 2.24) is 10.2 Å². The van der Waals surface area contributed by atoms with Crippen molar-refractivity contribution in [3.8, 4) is 0 Å². The summed E-state index contributed by atoms with van der Waals surface area (Å²) in [7, 11) is 1.33. The van der Waals surface area contributed by atoms with Crippen LogP contribution in [0.5, 0.6) is 0 Å². The highest BCUT2D eigenvalue weighted by Gasteiger charge is 2.29. The lowest BCUT2D eigenvalue weighted by Gasteiger charge is -2.18. The van der Waals surface area contributed by atoms with Crippen LogP contribution in [-0.4, -0.2) is 43.1 Å². The van der Waals surface area contributed by atoms with E-state index in [1.807, 2.05) is 18.2 Å². The molecule has 0 radical (unpaired) electrons. The Kier molecular flexibility index (Phi) is 5.25. The number of nitrogens with zero attached hydrogens (tertiary/aromatic N) is 1. The number of methoxy groups -OCH3 is 1. The topological polar surface area (TPSA) is 58.6 Å². The number of likely N-dealkylation sites (tertiary alicyclic amines) is 1. The zero-order chi connectivity index (χ0) is 14.7. The van der Waals surface area contributed by atoms with E-state index in [0.717, 1.165) is 14.5 Å². The van der Waals surface area contributed by atoms with Gasteiger partial charge in [0.1, 0.15) is 0 Å². The summed E-state index contributed by atoms with van der Waals surface area (Å²) in [6.07, 6.45) is 0.280. The summed E-state index contributed by atoms with van der Waals surface area (Å²) in [4.78, 5) is 25.4. The van der Waals surface area contributed by atoms with Crippen LogP contribution < -0.4 is 5.32 Å². The van der Waals surface area contributed by atoms with E-state index >= 15 is 0 Å². The monoisotopic (exact) mass is 452 g/mol. The Bertz CT molecular complexity index is 538. The average molecular weight is 453 g/mol. The number of halogens is 2. The molecule has 1 atom stereocenters. The summed E-state index contributed by atoms with van der Waals surface area (Å²) in [5.41, 5.74) is 0.649. The van der Waals surface area contributed by atoms with Crippen molar-refractivity contribution in [2.45, 2.75) is 12.5 Å². The van der Waals surface area contributed by atoms with E-state index in [1.54, 1.807) is 4.90 Å². The molecule has 7 heteroatoms. The van der Waals surface area contributed by atoms with E-state index < -0.39 is 6.09 Å². The molecule has 1 aromatic carbocycles. The quantitative estimate of drug-likeness (QED) is 0.702. The highest BCUT2D eigenvalue weighted by Crippen LogP contribution is 2.23. The Balaban J connectivity index is 2.04. The number of benzene rings is 1. The van der Waals surface area contributed by atoms with Gasteiger partial charge in [-0.1, -0.05) is 0 Å². The number of nitrogens with one attached hydrogen (secondary N) is 1. The zero-order valence-electron chi connectivity index (χ0n) is 10.9. The first-order valence-electron chi connectivity index (χ1n) is 6.10. The van der Waals surface area contributed by atoms with Crippen molar-refractivity contribution in [3.05, 3.63) is 31.8 Å². The first-order chi connectivity index (χ1) is 9.51. The minimum atomic E-state index is -0.459. The molecule has 1 aliphatic heterocycles. The van der Waals surface area contributed by atoms with E-state index in [2.05, 4.69) is 48.6 Å². The number of ether oxygens (including phenoxy) is 1. The highest BCUT2D eigenvalue weighted by molar-refractivity contribution is 14.1. The molecule has 108 valence electrons. The molecular weight excluding hydrogens is 439 g/mol. The summed E-state index contributed by atoms with van der Waals surface area (Å²) in [5.74, 6) is -0.0236. The van der Waals surface area contributed by atoms with E-state index in [9.17, 15) is 9.59 Å². The first kappa shape index (κ1) is 15.6. The van der Waals surface area contributed by atoms with E-state index in [1.165, 1.54) is 7.11 Å². The van der Waals surface area contributed by atoms with Crippen molar-refractivity contribution in [1.29, 1.82) is 0 Å². The number of hydrogen-bond donors (Lipinski definition) is 1. The Morgan fingerprint density at radius 3 is 2.95 bits per heavy atom. The minimum Gasteiger partial charge on any atom is -0.453 e. The van der Waals surface area contributed by atoms with Gasteiger partial charge < -0.3 is 15.0 Å². The van der Waals surface area contributed by atoms with Crippen LogP contribution >= 0.6 is 38.5 Å². The molecular formula is C13H14BrIN2O3. The number of hydrogen-bond acceptors (Lipinski definition) is 3. The Labute approximate surface area is 139 Å². The number of carbonyl (C=O) groups is 2. The molecule has 20 heavy (non-hydrogen) atoms. The van der Waals surface area contributed by atoms with Crippen LogP contribution in [0.25, 0.3) is 0 Å². The van der Waals surface area contributed by atoms with Gasteiger partial charge >= 0.3 is 6.09 Å². The Morgan fingerprint density at radius 1 is 1.50 bits per heavy atom. The van der Waals surface area contributed by atoms with Gasteiger partial charge in [0.15, 0.2) is 0 Å². The lowest BCUT2D eigenvalue weighted by Crippen LogP contribution is -2.38.